The van der Waals surface area contributed by atoms with Gasteiger partial charge in [0.15, 0.2) is 0 Å². The normalized spacial score (nSPS) is 13.1. The Morgan fingerprint density at radius 3 is 1.67 bits per heavy atom. The fraction of sp³-hybridized carbons (Fsp3) is 1.00. The highest BCUT2D eigenvalue weighted by atomic mass is 32.2. The van der Waals surface area contributed by atoms with Gasteiger partial charge in [-0.2, -0.15) is 0 Å². The number of ether oxygens (including phenoxy) is 4. The fourth-order valence-corrected chi connectivity index (χ4v) is 1.53. The summed E-state index contributed by atoms with van der Waals surface area (Å²) in [5, 5.41) is 0. The summed E-state index contributed by atoms with van der Waals surface area (Å²) in [6.07, 6.45) is 0. The lowest BCUT2D eigenvalue weighted by Gasteiger charge is -2.23. The van der Waals surface area contributed by atoms with Gasteiger partial charge in [-0.25, -0.2) is 4.31 Å². The maximum absolute atomic E-state index is 10.9. The van der Waals surface area contributed by atoms with Crippen LogP contribution in [0.3, 0.4) is 0 Å². The maximum atomic E-state index is 10.9. The van der Waals surface area contributed by atoms with Crippen molar-refractivity contribution in [3.05, 3.63) is 0 Å². The molecule has 1 atom stereocenters. The minimum absolute atomic E-state index is 0.313. The molecule has 7 nitrogen and oxygen atoms in total. The molecule has 0 aromatic carbocycles. The Morgan fingerprint density at radius 2 is 1.33 bits per heavy atom. The summed E-state index contributed by atoms with van der Waals surface area (Å²) in [6.45, 7) is 3.23. The molecule has 0 N–H and O–H groups in total. The quantitative estimate of drug-likeness (QED) is 0.332. The first-order valence-electron chi connectivity index (χ1n) is 5.70. The van der Waals surface area contributed by atoms with Gasteiger partial charge in [-0.3, -0.25) is 4.21 Å². The Hall–Kier alpha value is -0.0900. The van der Waals surface area contributed by atoms with Crippen molar-refractivity contribution in [2.24, 2.45) is 0 Å². The predicted octanol–water partition coefficient (Wildman–Crippen LogP) is -0.591. The molecule has 0 aromatic rings. The summed E-state index contributed by atoms with van der Waals surface area (Å²) in [4.78, 5) is 0. The molecule has 18 heavy (non-hydrogen) atoms. The minimum Gasteiger partial charge on any atom is -0.760 e. The van der Waals surface area contributed by atoms with Crippen LogP contribution in [0.4, 0.5) is 0 Å². The van der Waals surface area contributed by atoms with Crippen molar-refractivity contribution in [1.29, 1.82) is 0 Å². The van der Waals surface area contributed by atoms with Crippen molar-refractivity contribution >= 4 is 11.3 Å². The molecule has 0 aromatic heterocycles. The molecular formula is C10H22NO6S-. The second-order valence-electron chi connectivity index (χ2n) is 3.36. The zero-order valence-electron chi connectivity index (χ0n) is 11.0. The van der Waals surface area contributed by atoms with Gasteiger partial charge in [0.1, 0.15) is 0 Å². The van der Waals surface area contributed by atoms with Crippen molar-refractivity contribution in [2.75, 3.05) is 67.0 Å². The van der Waals surface area contributed by atoms with E-state index in [4.69, 9.17) is 18.9 Å². The first-order chi connectivity index (χ1) is 8.72. The Bertz CT molecular complexity index is 193. The lowest BCUT2D eigenvalue weighted by Crippen LogP contribution is -2.33. The predicted molar refractivity (Wildman–Crippen MR) is 65.9 cm³/mol. The standard InChI is InChI=1S/C10H23NO6S/c1-14-7-9-16-5-3-11(18(12)13)4-6-17-10-8-15-2/h3-10H2,1-2H3,(H,12,13)/p-1. The van der Waals surface area contributed by atoms with Crippen LogP contribution < -0.4 is 0 Å². The zero-order chi connectivity index (χ0) is 13.6. The number of rotatable bonds is 13. The molecule has 110 valence electrons. The molecule has 0 aliphatic carbocycles. The third kappa shape index (κ3) is 11.0. The van der Waals surface area contributed by atoms with E-state index in [1.165, 1.54) is 4.31 Å². The summed E-state index contributed by atoms with van der Waals surface area (Å²) in [5.74, 6) is 0. The van der Waals surface area contributed by atoms with Gasteiger partial charge in [0.2, 0.25) is 0 Å². The maximum Gasteiger partial charge on any atom is 0.0700 e. The fourth-order valence-electron chi connectivity index (χ4n) is 1.08. The zero-order valence-corrected chi connectivity index (χ0v) is 11.8. The lowest BCUT2D eigenvalue weighted by atomic mass is 10.6. The van der Waals surface area contributed by atoms with Crippen molar-refractivity contribution < 1.29 is 27.7 Å². The van der Waals surface area contributed by atoms with Crippen LogP contribution in [0, 0.1) is 0 Å². The molecule has 0 aliphatic rings. The van der Waals surface area contributed by atoms with E-state index in [0.29, 0.717) is 52.7 Å². The highest BCUT2D eigenvalue weighted by molar-refractivity contribution is 7.76. The monoisotopic (exact) mass is 284 g/mol. The average molecular weight is 284 g/mol. The van der Waals surface area contributed by atoms with Crippen molar-refractivity contribution in [3.8, 4) is 0 Å². The molecule has 0 saturated heterocycles. The highest BCUT2D eigenvalue weighted by Gasteiger charge is 2.05. The van der Waals surface area contributed by atoms with Crippen LogP contribution in [0.5, 0.6) is 0 Å². The Kier molecular flexibility index (Phi) is 13.3. The van der Waals surface area contributed by atoms with Crippen LogP contribution in [0.1, 0.15) is 0 Å². The first-order valence-corrected chi connectivity index (χ1v) is 6.73. The van der Waals surface area contributed by atoms with E-state index >= 15 is 0 Å². The number of nitrogens with zero attached hydrogens (tertiary/aromatic N) is 1. The summed E-state index contributed by atoms with van der Waals surface area (Å²) in [6, 6.07) is 0. The Labute approximate surface area is 111 Å². The van der Waals surface area contributed by atoms with E-state index in [2.05, 4.69) is 0 Å². The molecule has 0 fully saturated rings. The number of hydrogen-bond acceptors (Lipinski definition) is 6. The van der Waals surface area contributed by atoms with Crippen LogP contribution in [-0.4, -0.2) is 80.0 Å². The molecule has 0 spiro atoms. The molecule has 1 unspecified atom stereocenters. The molecule has 8 heteroatoms. The molecule has 0 saturated carbocycles. The van der Waals surface area contributed by atoms with Gasteiger partial charge in [-0.1, -0.05) is 0 Å². The second-order valence-corrected chi connectivity index (χ2v) is 4.31. The molecule has 0 amide bonds. The average Bonchev–Trinajstić information content (AvgIpc) is 2.35. The van der Waals surface area contributed by atoms with E-state index in [-0.39, 0.29) is 0 Å². The second kappa shape index (κ2) is 13.3. The summed E-state index contributed by atoms with van der Waals surface area (Å²) in [5.41, 5.74) is 0. The van der Waals surface area contributed by atoms with Gasteiger partial charge < -0.3 is 23.5 Å². The first kappa shape index (κ1) is 17.9. The highest BCUT2D eigenvalue weighted by Crippen LogP contribution is 1.93. The molecule has 0 bridgehead atoms. The van der Waals surface area contributed by atoms with E-state index < -0.39 is 11.3 Å². The Balaban J connectivity index is 3.56. The summed E-state index contributed by atoms with van der Waals surface area (Å²) in [7, 11) is 3.17. The SMILES string of the molecule is COCCOCCN(CCOCCOC)S(=O)[O-]. The van der Waals surface area contributed by atoms with Crippen LogP contribution in [-0.2, 0) is 30.2 Å². The third-order valence-electron chi connectivity index (χ3n) is 2.04. The van der Waals surface area contributed by atoms with Gasteiger partial charge in [0, 0.05) is 38.6 Å². The van der Waals surface area contributed by atoms with Gasteiger partial charge in [0.25, 0.3) is 0 Å². The largest absolute Gasteiger partial charge is 0.760 e. The number of methoxy groups -OCH3 is 2. The van der Waals surface area contributed by atoms with Crippen molar-refractivity contribution in [2.45, 2.75) is 0 Å². The summed E-state index contributed by atoms with van der Waals surface area (Å²) < 4.78 is 43.1. The van der Waals surface area contributed by atoms with E-state index in [9.17, 15) is 8.76 Å². The molecule has 0 heterocycles. The minimum atomic E-state index is -2.26. The van der Waals surface area contributed by atoms with Crippen LogP contribution in [0.2, 0.25) is 0 Å². The van der Waals surface area contributed by atoms with Crippen LogP contribution in [0.25, 0.3) is 0 Å². The third-order valence-corrected chi connectivity index (χ3v) is 2.83. The molecular weight excluding hydrogens is 262 g/mol. The van der Waals surface area contributed by atoms with E-state index in [1.54, 1.807) is 14.2 Å². The van der Waals surface area contributed by atoms with Crippen LogP contribution in [0.15, 0.2) is 0 Å². The van der Waals surface area contributed by atoms with E-state index in [1.807, 2.05) is 0 Å². The number of hydrogen-bond donors (Lipinski definition) is 0. The van der Waals surface area contributed by atoms with Gasteiger partial charge >= 0.3 is 0 Å². The molecule has 0 aliphatic heterocycles. The topological polar surface area (TPSA) is 80.3 Å². The van der Waals surface area contributed by atoms with Gasteiger partial charge in [-0.15, -0.1) is 0 Å². The van der Waals surface area contributed by atoms with Crippen molar-refractivity contribution in [1.82, 2.24) is 4.31 Å². The van der Waals surface area contributed by atoms with Gasteiger partial charge in [0.05, 0.1) is 39.6 Å². The van der Waals surface area contributed by atoms with Crippen molar-refractivity contribution in [3.63, 3.8) is 0 Å². The molecule has 0 rings (SSSR count). The lowest BCUT2D eigenvalue weighted by molar-refractivity contribution is 0.0521. The Morgan fingerprint density at radius 1 is 0.889 bits per heavy atom. The van der Waals surface area contributed by atoms with Crippen LogP contribution >= 0.6 is 0 Å². The van der Waals surface area contributed by atoms with Gasteiger partial charge in [-0.05, 0) is 0 Å². The molecule has 0 radical (unpaired) electrons. The van der Waals surface area contributed by atoms with E-state index in [0.717, 1.165) is 0 Å². The smallest absolute Gasteiger partial charge is 0.0700 e. The summed E-state index contributed by atoms with van der Waals surface area (Å²) >= 11 is -2.26.